The van der Waals surface area contributed by atoms with Crippen LogP contribution in [0.25, 0.3) is 10.1 Å². The average Bonchev–Trinajstić information content (AvgIpc) is 2.49. The van der Waals surface area contributed by atoms with Crippen LogP contribution in [-0.4, -0.2) is 5.78 Å². The first-order valence-corrected chi connectivity index (χ1v) is 7.63. The molecule has 2 aromatic carbocycles. The van der Waals surface area contributed by atoms with E-state index in [-0.39, 0.29) is 22.5 Å². The van der Waals surface area contributed by atoms with E-state index >= 15 is 0 Å². The fraction of sp³-hybridized carbons (Fsp3) is 0.0588. The first-order chi connectivity index (χ1) is 10.1. The minimum atomic E-state index is -0.187. The monoisotopic (exact) mass is 314 g/mol. The van der Waals surface area contributed by atoms with E-state index < -0.39 is 0 Å². The number of Topliss-reactive ketones (excluding diaryl/α,β-unsaturated/α-hetero) is 1. The number of hydrogen-bond acceptors (Lipinski definition) is 3. The van der Waals surface area contributed by atoms with Crippen LogP contribution in [0, 0.1) is 0 Å². The second-order valence-electron chi connectivity index (χ2n) is 4.71. The number of ketones is 1. The van der Waals surface area contributed by atoms with E-state index in [9.17, 15) is 9.59 Å². The second-order valence-corrected chi connectivity index (χ2v) is 6.16. The highest BCUT2D eigenvalue weighted by Crippen LogP contribution is 2.18. The van der Waals surface area contributed by atoms with Gasteiger partial charge in [-0.2, -0.15) is 0 Å². The first-order valence-electron chi connectivity index (χ1n) is 6.44. The smallest absolute Gasteiger partial charge is 0.243 e. The molecule has 0 N–H and O–H groups in total. The molecule has 0 bridgehead atoms. The van der Waals surface area contributed by atoms with Gasteiger partial charge in [-0.1, -0.05) is 53.3 Å². The highest BCUT2D eigenvalue weighted by atomic mass is 35.5. The van der Waals surface area contributed by atoms with Crippen LogP contribution in [0.4, 0.5) is 0 Å². The lowest BCUT2D eigenvalue weighted by molar-refractivity contribution is 0.0992. The molecule has 0 aliphatic carbocycles. The van der Waals surface area contributed by atoms with Gasteiger partial charge in [0.1, 0.15) is 0 Å². The van der Waals surface area contributed by atoms with Gasteiger partial charge in [0.15, 0.2) is 5.78 Å². The summed E-state index contributed by atoms with van der Waals surface area (Å²) in [7, 11) is 0. The fourth-order valence-electron chi connectivity index (χ4n) is 2.14. The van der Waals surface area contributed by atoms with Crippen molar-refractivity contribution in [2.75, 3.05) is 0 Å². The van der Waals surface area contributed by atoms with Crippen molar-refractivity contribution in [3.05, 3.63) is 80.3 Å². The van der Waals surface area contributed by atoms with Gasteiger partial charge in [-0.25, -0.2) is 0 Å². The van der Waals surface area contributed by atoms with Gasteiger partial charge < -0.3 is 0 Å². The summed E-state index contributed by atoms with van der Waals surface area (Å²) in [6.07, 6.45) is 0.206. The molecule has 0 aliphatic heterocycles. The molecule has 0 saturated carbocycles. The minimum absolute atomic E-state index is 0.163. The molecule has 0 spiro atoms. The second kappa shape index (κ2) is 5.80. The molecular formula is C17H11ClO2S. The molecule has 3 rings (SSSR count). The van der Waals surface area contributed by atoms with E-state index in [1.165, 1.54) is 0 Å². The molecule has 0 saturated heterocycles. The van der Waals surface area contributed by atoms with Crippen molar-refractivity contribution in [2.45, 2.75) is 6.42 Å². The molecule has 0 amide bonds. The van der Waals surface area contributed by atoms with Crippen LogP contribution in [0.15, 0.2) is 59.4 Å². The minimum Gasteiger partial charge on any atom is -0.294 e. The Morgan fingerprint density at radius 3 is 2.52 bits per heavy atom. The van der Waals surface area contributed by atoms with Gasteiger partial charge in [-0.05, 0) is 35.2 Å². The largest absolute Gasteiger partial charge is 0.294 e. The van der Waals surface area contributed by atoms with Crippen LogP contribution in [-0.2, 0) is 6.42 Å². The summed E-state index contributed by atoms with van der Waals surface area (Å²) in [5.41, 5.74) is 1.11. The Balaban J connectivity index is 1.95. The Morgan fingerprint density at radius 1 is 1.05 bits per heavy atom. The van der Waals surface area contributed by atoms with Crippen molar-refractivity contribution in [2.24, 2.45) is 0 Å². The Bertz CT molecular complexity index is 866. The highest BCUT2D eigenvalue weighted by Gasteiger charge is 2.12. The van der Waals surface area contributed by atoms with Gasteiger partial charge >= 0.3 is 0 Å². The third kappa shape index (κ3) is 3.04. The van der Waals surface area contributed by atoms with Crippen LogP contribution >= 0.6 is 22.9 Å². The van der Waals surface area contributed by atoms with E-state index in [4.69, 9.17) is 11.6 Å². The maximum Gasteiger partial charge on any atom is 0.243 e. The summed E-state index contributed by atoms with van der Waals surface area (Å²) in [5, 5.41) is 1.55. The number of carbonyl (C=O) groups excluding carboxylic acids is 1. The topological polar surface area (TPSA) is 34.1 Å². The Kier molecular flexibility index (Phi) is 3.86. The molecule has 2 nitrogen and oxygen atoms in total. The zero-order valence-electron chi connectivity index (χ0n) is 11.0. The zero-order chi connectivity index (χ0) is 14.8. The predicted molar refractivity (Wildman–Crippen MR) is 87.6 cm³/mol. The molecule has 1 heterocycles. The van der Waals surface area contributed by atoms with Gasteiger partial charge in [0, 0.05) is 16.1 Å². The van der Waals surface area contributed by atoms with Gasteiger partial charge in [-0.15, -0.1) is 0 Å². The van der Waals surface area contributed by atoms with Gasteiger partial charge in [0.05, 0.1) is 5.56 Å². The van der Waals surface area contributed by atoms with Gasteiger partial charge in [0.25, 0.3) is 0 Å². The zero-order valence-corrected chi connectivity index (χ0v) is 12.6. The Morgan fingerprint density at radius 2 is 1.76 bits per heavy atom. The molecule has 1 aromatic heterocycles. The van der Waals surface area contributed by atoms with Crippen LogP contribution < -0.4 is 4.74 Å². The molecule has 0 atom stereocenters. The van der Waals surface area contributed by atoms with Crippen molar-refractivity contribution in [1.29, 1.82) is 0 Å². The third-order valence-corrected chi connectivity index (χ3v) is 4.47. The van der Waals surface area contributed by atoms with Crippen LogP contribution in [0.3, 0.4) is 0 Å². The molecule has 0 radical (unpaired) electrons. The summed E-state index contributed by atoms with van der Waals surface area (Å²) in [6.45, 7) is 0. The Hall–Kier alpha value is -1.97. The lowest BCUT2D eigenvalue weighted by atomic mass is 10.0. The lowest BCUT2D eigenvalue weighted by Gasteiger charge is -2.03. The summed E-state index contributed by atoms with van der Waals surface area (Å²) >= 11 is 6.93. The van der Waals surface area contributed by atoms with Crippen molar-refractivity contribution in [1.82, 2.24) is 0 Å². The first kappa shape index (κ1) is 14.0. The van der Waals surface area contributed by atoms with E-state index in [0.717, 1.165) is 27.0 Å². The van der Waals surface area contributed by atoms with Crippen molar-refractivity contribution < 1.29 is 4.79 Å². The van der Waals surface area contributed by atoms with E-state index in [1.54, 1.807) is 30.3 Å². The molecule has 3 aromatic rings. The molecule has 0 fully saturated rings. The summed E-state index contributed by atoms with van der Waals surface area (Å²) in [6, 6.07) is 16.3. The van der Waals surface area contributed by atoms with Crippen LogP contribution in [0.2, 0.25) is 5.02 Å². The normalized spacial score (nSPS) is 10.7. The predicted octanol–water partition coefficient (Wildman–Crippen LogP) is 4.34. The number of rotatable bonds is 3. The SMILES string of the molecule is O=C(Cc1ccc(Cl)cc1)c1cc2ccccc2sc1=O. The summed E-state index contributed by atoms with van der Waals surface area (Å²) in [4.78, 5) is 24.4. The lowest BCUT2D eigenvalue weighted by Crippen LogP contribution is -2.13. The highest BCUT2D eigenvalue weighted by molar-refractivity contribution is 7.16. The molecule has 4 heteroatoms. The third-order valence-electron chi connectivity index (χ3n) is 3.22. The standard InChI is InChI=1S/C17H11ClO2S/c18-13-7-5-11(6-8-13)9-15(19)14-10-12-3-1-2-4-16(12)21-17(14)20/h1-8,10H,9H2. The van der Waals surface area contributed by atoms with E-state index in [2.05, 4.69) is 0 Å². The van der Waals surface area contributed by atoms with Crippen molar-refractivity contribution in [3.8, 4) is 0 Å². The molecule has 21 heavy (non-hydrogen) atoms. The van der Waals surface area contributed by atoms with Crippen LogP contribution in [0.1, 0.15) is 15.9 Å². The quantitative estimate of drug-likeness (QED) is 0.674. The average molecular weight is 315 g/mol. The maximum absolute atomic E-state index is 12.3. The summed E-state index contributed by atoms with van der Waals surface area (Å²) < 4.78 is 0.707. The molecule has 104 valence electrons. The van der Waals surface area contributed by atoms with E-state index in [1.807, 2.05) is 24.3 Å². The fourth-order valence-corrected chi connectivity index (χ4v) is 3.14. The number of benzene rings is 2. The van der Waals surface area contributed by atoms with Gasteiger partial charge in [0.2, 0.25) is 4.74 Å². The number of carbonyl (C=O) groups is 1. The van der Waals surface area contributed by atoms with E-state index in [0.29, 0.717) is 5.02 Å². The maximum atomic E-state index is 12.3. The van der Waals surface area contributed by atoms with Crippen molar-refractivity contribution in [3.63, 3.8) is 0 Å². The molecule has 0 aliphatic rings. The number of halogens is 1. The number of fused-ring (bicyclic) bond motifs is 1. The number of hydrogen-bond donors (Lipinski definition) is 0. The van der Waals surface area contributed by atoms with Crippen LogP contribution in [0.5, 0.6) is 0 Å². The molecular weight excluding hydrogens is 304 g/mol. The molecule has 0 unspecified atom stereocenters. The summed E-state index contributed by atoms with van der Waals surface area (Å²) in [5.74, 6) is -0.163. The van der Waals surface area contributed by atoms with Crippen molar-refractivity contribution >= 4 is 38.8 Å². The Labute approximate surface area is 130 Å². The van der Waals surface area contributed by atoms with Gasteiger partial charge in [-0.3, -0.25) is 9.59 Å².